The molecule has 0 radical (unpaired) electrons. The molecular formula is C25H29N3O3S. The normalized spacial score (nSPS) is 15.7. The van der Waals surface area contributed by atoms with Crippen molar-refractivity contribution in [2.45, 2.75) is 51.4 Å². The molecular weight excluding hydrogens is 422 g/mol. The molecule has 2 heterocycles. The number of rotatable bonds is 8. The first-order valence-corrected chi connectivity index (χ1v) is 11.9. The smallest absolute Gasteiger partial charge is 0.234 e. The Morgan fingerprint density at radius 1 is 1.19 bits per heavy atom. The summed E-state index contributed by atoms with van der Waals surface area (Å²) in [7, 11) is 0. The number of carbonyl (C=O) groups is 1. The predicted octanol–water partition coefficient (Wildman–Crippen LogP) is 5.51. The van der Waals surface area contributed by atoms with E-state index in [1.165, 1.54) is 17.3 Å². The van der Waals surface area contributed by atoms with Crippen molar-refractivity contribution >= 4 is 23.4 Å². The molecule has 1 atom stereocenters. The Hall–Kier alpha value is -2.77. The minimum Gasteiger partial charge on any atom is -0.455 e. The van der Waals surface area contributed by atoms with Gasteiger partial charge in [-0.2, -0.15) is 0 Å². The van der Waals surface area contributed by atoms with Gasteiger partial charge in [-0.15, -0.1) is 0 Å². The van der Waals surface area contributed by atoms with Crippen molar-refractivity contribution in [3.8, 4) is 11.5 Å². The number of hydrogen-bond acceptors (Lipinski definition) is 5. The maximum absolute atomic E-state index is 12.7. The molecule has 0 spiro atoms. The van der Waals surface area contributed by atoms with Crippen LogP contribution in [0.4, 0.5) is 5.69 Å². The summed E-state index contributed by atoms with van der Waals surface area (Å²) in [5, 5.41) is 3.84. The van der Waals surface area contributed by atoms with Gasteiger partial charge >= 0.3 is 0 Å². The Balaban J connectivity index is 1.40. The number of imidazole rings is 1. The van der Waals surface area contributed by atoms with E-state index in [1.54, 1.807) is 0 Å². The summed E-state index contributed by atoms with van der Waals surface area (Å²) in [6, 6.07) is 15.3. The average Bonchev–Trinajstić information content (AvgIpc) is 3.39. The van der Waals surface area contributed by atoms with E-state index in [1.807, 2.05) is 62.4 Å². The summed E-state index contributed by atoms with van der Waals surface area (Å²) in [6.07, 6.45) is 2.40. The van der Waals surface area contributed by atoms with Crippen molar-refractivity contribution in [2.75, 3.05) is 17.7 Å². The number of benzene rings is 2. The van der Waals surface area contributed by atoms with Gasteiger partial charge in [0.2, 0.25) is 5.91 Å². The SMILES string of the molecule is Cc1ccc(Oc2ccccc2NC(=O)CSc2nc(C)c(C)n2C[C@@H]2CCCO2)cc1. The second-order valence-electron chi connectivity index (χ2n) is 8.06. The number of carbonyl (C=O) groups excluding carboxylic acids is 1. The molecule has 1 N–H and O–H groups in total. The minimum absolute atomic E-state index is 0.100. The van der Waals surface area contributed by atoms with Crippen LogP contribution in [0.3, 0.4) is 0 Å². The van der Waals surface area contributed by atoms with Crippen LogP contribution in [0, 0.1) is 20.8 Å². The third-order valence-electron chi connectivity index (χ3n) is 5.58. The maximum Gasteiger partial charge on any atom is 0.234 e. The van der Waals surface area contributed by atoms with Gasteiger partial charge in [0.1, 0.15) is 5.75 Å². The van der Waals surface area contributed by atoms with Crippen molar-refractivity contribution in [2.24, 2.45) is 0 Å². The van der Waals surface area contributed by atoms with E-state index < -0.39 is 0 Å². The lowest BCUT2D eigenvalue weighted by Crippen LogP contribution is -2.18. The Morgan fingerprint density at radius 3 is 2.72 bits per heavy atom. The highest BCUT2D eigenvalue weighted by Crippen LogP contribution is 2.30. The molecule has 1 amide bonds. The van der Waals surface area contributed by atoms with Crippen LogP contribution in [0.2, 0.25) is 0 Å². The lowest BCUT2D eigenvalue weighted by Gasteiger charge is -2.15. The van der Waals surface area contributed by atoms with Crippen molar-refractivity contribution in [1.29, 1.82) is 0 Å². The molecule has 168 valence electrons. The zero-order chi connectivity index (χ0) is 22.5. The molecule has 1 aliphatic rings. The summed E-state index contributed by atoms with van der Waals surface area (Å²) in [4.78, 5) is 17.4. The molecule has 0 bridgehead atoms. The fourth-order valence-corrected chi connectivity index (χ4v) is 4.55. The second-order valence-corrected chi connectivity index (χ2v) is 9.00. The van der Waals surface area contributed by atoms with Crippen LogP contribution < -0.4 is 10.1 Å². The molecule has 0 aliphatic carbocycles. The second kappa shape index (κ2) is 10.2. The van der Waals surface area contributed by atoms with E-state index in [0.29, 0.717) is 11.4 Å². The molecule has 1 aliphatic heterocycles. The van der Waals surface area contributed by atoms with Crippen LogP contribution in [0.15, 0.2) is 53.7 Å². The van der Waals surface area contributed by atoms with Crippen LogP contribution in [-0.2, 0) is 16.1 Å². The predicted molar refractivity (Wildman–Crippen MR) is 128 cm³/mol. The molecule has 1 saturated heterocycles. The molecule has 32 heavy (non-hydrogen) atoms. The van der Waals surface area contributed by atoms with Crippen LogP contribution in [0.5, 0.6) is 11.5 Å². The molecule has 3 aromatic rings. The number of amides is 1. The van der Waals surface area contributed by atoms with Crippen LogP contribution >= 0.6 is 11.8 Å². The number of aryl methyl sites for hydroxylation is 2. The van der Waals surface area contributed by atoms with Gasteiger partial charge in [-0.3, -0.25) is 4.79 Å². The van der Waals surface area contributed by atoms with Crippen LogP contribution in [0.1, 0.15) is 29.8 Å². The van der Waals surface area contributed by atoms with Crippen LogP contribution in [-0.4, -0.2) is 33.9 Å². The number of anilines is 1. The van der Waals surface area contributed by atoms with E-state index in [9.17, 15) is 4.79 Å². The van der Waals surface area contributed by atoms with Gasteiger partial charge in [-0.1, -0.05) is 41.6 Å². The Kier molecular flexibility index (Phi) is 7.17. The summed E-state index contributed by atoms with van der Waals surface area (Å²) in [5.41, 5.74) is 3.93. The van der Waals surface area contributed by atoms with Crippen LogP contribution in [0.25, 0.3) is 0 Å². The summed E-state index contributed by atoms with van der Waals surface area (Å²) >= 11 is 1.45. The van der Waals surface area contributed by atoms with Gasteiger partial charge in [-0.05, 0) is 57.9 Å². The Labute approximate surface area is 193 Å². The fraction of sp³-hybridized carbons (Fsp3) is 0.360. The van der Waals surface area contributed by atoms with E-state index >= 15 is 0 Å². The number of para-hydroxylation sites is 2. The Bertz CT molecular complexity index is 1070. The van der Waals surface area contributed by atoms with Gasteiger partial charge in [0.15, 0.2) is 10.9 Å². The van der Waals surface area contributed by atoms with Gasteiger partial charge in [0.25, 0.3) is 0 Å². The van der Waals surface area contributed by atoms with Gasteiger partial charge in [0.05, 0.1) is 29.8 Å². The lowest BCUT2D eigenvalue weighted by atomic mass is 10.2. The van der Waals surface area contributed by atoms with Gasteiger partial charge < -0.3 is 19.4 Å². The van der Waals surface area contributed by atoms with Crippen molar-refractivity contribution in [3.63, 3.8) is 0 Å². The standard InChI is InChI=1S/C25H29N3O3S/c1-17-10-12-20(13-11-17)31-23-9-5-4-8-22(23)27-24(29)16-32-25-26-18(2)19(3)28(25)15-21-7-6-14-30-21/h4-5,8-13,21H,6-7,14-16H2,1-3H3,(H,27,29)/t21-/m0/s1. The zero-order valence-corrected chi connectivity index (χ0v) is 19.6. The number of thioether (sulfide) groups is 1. The summed E-state index contributed by atoms with van der Waals surface area (Å²) in [5.74, 6) is 1.51. The third kappa shape index (κ3) is 5.53. The monoisotopic (exact) mass is 451 g/mol. The Morgan fingerprint density at radius 2 is 1.97 bits per heavy atom. The van der Waals surface area contributed by atoms with E-state index in [2.05, 4.69) is 21.8 Å². The quantitative estimate of drug-likeness (QED) is 0.458. The highest BCUT2D eigenvalue weighted by Gasteiger charge is 2.21. The molecule has 4 rings (SSSR count). The average molecular weight is 452 g/mol. The molecule has 6 nitrogen and oxygen atoms in total. The summed E-state index contributed by atoms with van der Waals surface area (Å²) in [6.45, 7) is 7.71. The molecule has 0 saturated carbocycles. The highest BCUT2D eigenvalue weighted by atomic mass is 32.2. The summed E-state index contributed by atoms with van der Waals surface area (Å²) < 4.78 is 14.0. The number of aromatic nitrogens is 2. The number of nitrogens with one attached hydrogen (secondary N) is 1. The lowest BCUT2D eigenvalue weighted by molar-refractivity contribution is -0.113. The van der Waals surface area contributed by atoms with E-state index in [-0.39, 0.29) is 17.8 Å². The first kappa shape index (κ1) is 22.4. The number of hydrogen-bond donors (Lipinski definition) is 1. The first-order chi connectivity index (χ1) is 15.5. The number of ether oxygens (including phenoxy) is 2. The highest BCUT2D eigenvalue weighted by molar-refractivity contribution is 7.99. The third-order valence-corrected chi connectivity index (χ3v) is 6.55. The first-order valence-electron chi connectivity index (χ1n) is 10.9. The number of nitrogens with zero attached hydrogens (tertiary/aromatic N) is 2. The molecule has 1 aromatic heterocycles. The molecule has 1 fully saturated rings. The van der Waals surface area contributed by atoms with Crippen molar-refractivity contribution in [1.82, 2.24) is 9.55 Å². The topological polar surface area (TPSA) is 65.4 Å². The van der Waals surface area contributed by atoms with E-state index in [0.717, 1.165) is 48.3 Å². The van der Waals surface area contributed by atoms with Crippen molar-refractivity contribution in [3.05, 3.63) is 65.5 Å². The van der Waals surface area contributed by atoms with Gasteiger partial charge in [-0.25, -0.2) is 4.98 Å². The molecule has 0 unspecified atom stereocenters. The molecule has 7 heteroatoms. The minimum atomic E-state index is -0.100. The maximum atomic E-state index is 12.7. The zero-order valence-electron chi connectivity index (χ0n) is 18.8. The largest absolute Gasteiger partial charge is 0.455 e. The van der Waals surface area contributed by atoms with Gasteiger partial charge in [0, 0.05) is 12.3 Å². The fourth-order valence-electron chi connectivity index (χ4n) is 3.65. The van der Waals surface area contributed by atoms with Crippen molar-refractivity contribution < 1.29 is 14.3 Å². The molecule has 2 aromatic carbocycles. The van der Waals surface area contributed by atoms with E-state index in [4.69, 9.17) is 9.47 Å².